The van der Waals surface area contributed by atoms with Gasteiger partial charge in [0.15, 0.2) is 0 Å². The maximum Gasteiger partial charge on any atom is 0.232 e. The third-order valence-corrected chi connectivity index (χ3v) is 5.93. The number of sulfonamides is 1. The average Bonchev–Trinajstić information content (AvgIpc) is 2.63. The van der Waals surface area contributed by atoms with Crippen molar-refractivity contribution >= 4 is 21.4 Å². The van der Waals surface area contributed by atoms with Crippen molar-refractivity contribution in [1.29, 1.82) is 0 Å². The van der Waals surface area contributed by atoms with E-state index in [0.717, 1.165) is 37.4 Å². The van der Waals surface area contributed by atoms with Gasteiger partial charge >= 0.3 is 0 Å². The van der Waals surface area contributed by atoms with E-state index in [-0.39, 0.29) is 5.75 Å². The van der Waals surface area contributed by atoms with Crippen LogP contribution < -0.4 is 9.62 Å². The van der Waals surface area contributed by atoms with E-state index in [9.17, 15) is 8.42 Å². The summed E-state index contributed by atoms with van der Waals surface area (Å²) in [7, 11) is -3.34. The summed E-state index contributed by atoms with van der Waals surface area (Å²) >= 11 is 0. The zero-order chi connectivity index (χ0) is 18.4. The molecule has 0 bridgehead atoms. The molecule has 6 heteroatoms. The third-order valence-electron chi connectivity index (χ3n) is 4.56. The number of hydrogen-bond acceptors (Lipinski definition) is 4. The van der Waals surface area contributed by atoms with Crippen LogP contribution in [0.25, 0.3) is 0 Å². The quantitative estimate of drug-likeness (QED) is 0.808. The second kappa shape index (κ2) is 8.56. The lowest BCUT2D eigenvalue weighted by atomic mass is 10.1. The number of ether oxygens (including phenoxy) is 1. The number of benzene rings is 2. The molecule has 5 nitrogen and oxygen atoms in total. The Labute approximate surface area is 156 Å². The van der Waals surface area contributed by atoms with E-state index in [1.165, 1.54) is 0 Å². The molecule has 1 aliphatic heterocycles. The smallest absolute Gasteiger partial charge is 0.232 e. The first-order valence-corrected chi connectivity index (χ1v) is 10.7. The summed E-state index contributed by atoms with van der Waals surface area (Å²) in [6.07, 6.45) is 1.36. The van der Waals surface area contributed by atoms with Crippen LogP contribution in [0.15, 0.2) is 54.6 Å². The van der Waals surface area contributed by atoms with Crippen LogP contribution in [-0.4, -0.2) is 40.0 Å². The second-order valence-corrected chi connectivity index (χ2v) is 8.52. The van der Waals surface area contributed by atoms with Crippen LogP contribution in [0.2, 0.25) is 0 Å². The Morgan fingerprint density at radius 2 is 1.85 bits per heavy atom. The SMILES string of the molecule is CC1COCCN1c1ccc(NS(=O)(=O)CCCc2ccccc2)cc1. The molecule has 3 rings (SSSR count). The minimum atomic E-state index is -3.34. The standard InChI is InChI=1S/C20H26N2O3S/c1-17-16-25-14-13-22(17)20-11-9-19(10-12-20)21-26(23,24)15-5-8-18-6-3-2-4-7-18/h2-4,6-7,9-12,17,21H,5,8,13-16H2,1H3. The zero-order valence-electron chi connectivity index (χ0n) is 15.1. The van der Waals surface area contributed by atoms with Crippen LogP contribution in [0.3, 0.4) is 0 Å². The van der Waals surface area contributed by atoms with Crippen molar-refractivity contribution in [2.75, 3.05) is 35.1 Å². The molecule has 0 aromatic heterocycles. The second-order valence-electron chi connectivity index (χ2n) is 6.67. The lowest BCUT2D eigenvalue weighted by Crippen LogP contribution is -2.43. The van der Waals surface area contributed by atoms with Crippen LogP contribution >= 0.6 is 0 Å². The fourth-order valence-corrected chi connectivity index (χ4v) is 4.29. The highest BCUT2D eigenvalue weighted by molar-refractivity contribution is 7.92. The number of rotatable bonds is 7. The van der Waals surface area contributed by atoms with Crippen LogP contribution in [0, 0.1) is 0 Å². The van der Waals surface area contributed by atoms with E-state index >= 15 is 0 Å². The highest BCUT2D eigenvalue weighted by Crippen LogP contribution is 2.22. The lowest BCUT2D eigenvalue weighted by Gasteiger charge is -2.35. The molecule has 0 radical (unpaired) electrons. The summed E-state index contributed by atoms with van der Waals surface area (Å²) in [5, 5.41) is 0. The molecule has 1 atom stereocenters. The predicted molar refractivity (Wildman–Crippen MR) is 106 cm³/mol. The van der Waals surface area contributed by atoms with Gasteiger partial charge in [-0.15, -0.1) is 0 Å². The van der Waals surface area contributed by atoms with E-state index < -0.39 is 10.0 Å². The summed E-state index contributed by atoms with van der Waals surface area (Å²) in [6.45, 7) is 4.42. The van der Waals surface area contributed by atoms with Crippen molar-refractivity contribution in [2.24, 2.45) is 0 Å². The van der Waals surface area contributed by atoms with Crippen molar-refractivity contribution in [1.82, 2.24) is 0 Å². The molecular formula is C20H26N2O3S. The van der Waals surface area contributed by atoms with Gasteiger partial charge in [-0.05, 0) is 49.6 Å². The Bertz CT molecular complexity index is 792. The highest BCUT2D eigenvalue weighted by atomic mass is 32.2. The van der Waals surface area contributed by atoms with Gasteiger partial charge < -0.3 is 9.64 Å². The predicted octanol–water partition coefficient (Wildman–Crippen LogP) is 3.29. The van der Waals surface area contributed by atoms with E-state index in [0.29, 0.717) is 18.2 Å². The third kappa shape index (κ3) is 5.22. The number of nitrogens with zero attached hydrogens (tertiary/aromatic N) is 1. The van der Waals surface area contributed by atoms with Gasteiger partial charge in [0.25, 0.3) is 0 Å². The van der Waals surface area contributed by atoms with Crippen molar-refractivity contribution in [3.63, 3.8) is 0 Å². The van der Waals surface area contributed by atoms with E-state index in [1.54, 1.807) is 0 Å². The first kappa shape index (κ1) is 18.7. The van der Waals surface area contributed by atoms with Crippen molar-refractivity contribution in [3.8, 4) is 0 Å². The minimum absolute atomic E-state index is 0.115. The molecule has 1 aliphatic rings. The van der Waals surface area contributed by atoms with Gasteiger partial charge in [-0.1, -0.05) is 30.3 Å². The molecule has 0 amide bonds. The first-order chi connectivity index (χ1) is 12.5. The Morgan fingerprint density at radius 3 is 2.54 bits per heavy atom. The van der Waals surface area contributed by atoms with Crippen molar-refractivity contribution < 1.29 is 13.2 Å². The number of hydrogen-bond donors (Lipinski definition) is 1. The molecule has 1 fully saturated rings. The molecule has 2 aromatic rings. The number of morpholine rings is 1. The topological polar surface area (TPSA) is 58.6 Å². The molecule has 2 aromatic carbocycles. The summed E-state index contributed by atoms with van der Waals surface area (Å²) in [4.78, 5) is 2.28. The highest BCUT2D eigenvalue weighted by Gasteiger charge is 2.19. The molecule has 1 heterocycles. The van der Waals surface area contributed by atoms with Gasteiger partial charge in [-0.3, -0.25) is 4.72 Å². The molecule has 26 heavy (non-hydrogen) atoms. The molecule has 140 valence electrons. The largest absolute Gasteiger partial charge is 0.377 e. The van der Waals surface area contributed by atoms with Gasteiger partial charge in [0.1, 0.15) is 0 Å². The lowest BCUT2D eigenvalue weighted by molar-refractivity contribution is 0.0989. The molecule has 0 aliphatic carbocycles. The van der Waals surface area contributed by atoms with E-state index in [2.05, 4.69) is 16.5 Å². The number of anilines is 2. The monoisotopic (exact) mass is 374 g/mol. The molecule has 0 spiro atoms. The van der Waals surface area contributed by atoms with E-state index in [4.69, 9.17) is 4.74 Å². The Balaban J connectivity index is 1.54. The minimum Gasteiger partial charge on any atom is -0.377 e. The van der Waals surface area contributed by atoms with Crippen LogP contribution in [0.4, 0.5) is 11.4 Å². The summed E-state index contributed by atoms with van der Waals surface area (Å²) in [5.41, 5.74) is 2.86. The first-order valence-electron chi connectivity index (χ1n) is 9.02. The fraction of sp³-hybridized carbons (Fsp3) is 0.400. The van der Waals surface area contributed by atoms with Crippen LogP contribution in [0.5, 0.6) is 0 Å². The maximum atomic E-state index is 12.3. The molecule has 1 saturated heterocycles. The molecule has 1 N–H and O–H groups in total. The van der Waals surface area contributed by atoms with Crippen LogP contribution in [-0.2, 0) is 21.2 Å². The van der Waals surface area contributed by atoms with E-state index in [1.807, 2.05) is 54.6 Å². The summed E-state index contributed by atoms with van der Waals surface area (Å²) < 4.78 is 32.7. The molecule has 0 saturated carbocycles. The van der Waals surface area contributed by atoms with Gasteiger partial charge in [-0.2, -0.15) is 0 Å². The van der Waals surface area contributed by atoms with Gasteiger partial charge in [0.05, 0.1) is 19.0 Å². The zero-order valence-corrected chi connectivity index (χ0v) is 15.9. The Hall–Kier alpha value is -2.05. The summed E-state index contributed by atoms with van der Waals surface area (Å²) in [6, 6.07) is 17.8. The Kier molecular flexibility index (Phi) is 6.16. The van der Waals surface area contributed by atoms with Crippen LogP contribution in [0.1, 0.15) is 18.9 Å². The molecule has 1 unspecified atom stereocenters. The van der Waals surface area contributed by atoms with Gasteiger partial charge in [0.2, 0.25) is 10.0 Å². The normalized spacial score (nSPS) is 17.9. The molecular weight excluding hydrogens is 348 g/mol. The average molecular weight is 375 g/mol. The van der Waals surface area contributed by atoms with Gasteiger partial charge in [0, 0.05) is 24.0 Å². The maximum absolute atomic E-state index is 12.3. The number of nitrogens with one attached hydrogen (secondary N) is 1. The number of aryl methyl sites for hydroxylation is 1. The van der Waals surface area contributed by atoms with Gasteiger partial charge in [-0.25, -0.2) is 8.42 Å². The Morgan fingerprint density at radius 1 is 1.12 bits per heavy atom. The fourth-order valence-electron chi connectivity index (χ4n) is 3.17. The summed E-state index contributed by atoms with van der Waals surface area (Å²) in [5.74, 6) is 0.115. The van der Waals surface area contributed by atoms with Crippen molar-refractivity contribution in [3.05, 3.63) is 60.2 Å². The van der Waals surface area contributed by atoms with Crippen molar-refractivity contribution in [2.45, 2.75) is 25.8 Å².